The molecule has 1 heterocycles. The van der Waals surface area contributed by atoms with E-state index in [-0.39, 0.29) is 6.54 Å². The van der Waals surface area contributed by atoms with Gasteiger partial charge in [0.25, 0.3) is 0 Å². The Hall–Kier alpha value is -0.950. The van der Waals surface area contributed by atoms with Gasteiger partial charge >= 0.3 is 12.0 Å². The van der Waals surface area contributed by atoms with E-state index in [2.05, 4.69) is 10.6 Å². The minimum absolute atomic E-state index is 0.279. The third-order valence-corrected chi connectivity index (χ3v) is 3.65. The van der Waals surface area contributed by atoms with Crippen molar-refractivity contribution in [2.45, 2.75) is 24.2 Å². The van der Waals surface area contributed by atoms with Crippen LogP contribution in [0.2, 0.25) is 0 Å². The van der Waals surface area contributed by atoms with Crippen molar-refractivity contribution in [1.82, 2.24) is 10.6 Å². The van der Waals surface area contributed by atoms with Crippen LogP contribution in [-0.2, 0) is 4.79 Å². The highest BCUT2D eigenvalue weighted by atomic mass is 32.2. The highest BCUT2D eigenvalue weighted by molar-refractivity contribution is 8.00. The summed E-state index contributed by atoms with van der Waals surface area (Å²) < 4.78 is 0. The summed E-state index contributed by atoms with van der Waals surface area (Å²) in [5.74, 6) is -0.210. The number of carboxylic acid groups (broad SMARTS) is 1. The molecule has 0 aromatic carbocycles. The van der Waals surface area contributed by atoms with Crippen LogP contribution in [0.4, 0.5) is 4.79 Å². The molecule has 0 aliphatic carbocycles. The Kier molecular flexibility index (Phi) is 5.41. The van der Waals surface area contributed by atoms with E-state index >= 15 is 0 Å². The lowest BCUT2D eigenvalue weighted by atomic mass is 10.2. The standard InChI is InChI=1S/C9H16N2O4S/c12-7(8(13)14)5-11-9(15)10-4-6-2-1-3-16-6/h6-7,12H,1-5H2,(H,13,14)(H2,10,11,15). The van der Waals surface area contributed by atoms with Crippen molar-refractivity contribution < 1.29 is 19.8 Å². The number of thioether (sulfide) groups is 1. The number of aliphatic hydroxyl groups excluding tert-OH is 1. The van der Waals surface area contributed by atoms with Crippen LogP contribution in [0.25, 0.3) is 0 Å². The van der Waals surface area contributed by atoms with E-state index in [1.165, 1.54) is 6.42 Å². The monoisotopic (exact) mass is 248 g/mol. The minimum atomic E-state index is -1.55. The summed E-state index contributed by atoms with van der Waals surface area (Å²) in [5, 5.41) is 22.7. The van der Waals surface area contributed by atoms with E-state index in [0.29, 0.717) is 11.8 Å². The number of urea groups is 1. The number of carbonyl (C=O) groups excluding carboxylic acids is 1. The van der Waals surface area contributed by atoms with Crippen LogP contribution in [0.1, 0.15) is 12.8 Å². The Morgan fingerprint density at radius 3 is 2.75 bits per heavy atom. The van der Waals surface area contributed by atoms with Gasteiger partial charge in [-0.05, 0) is 18.6 Å². The normalized spacial score (nSPS) is 21.4. The van der Waals surface area contributed by atoms with Crippen LogP contribution >= 0.6 is 11.8 Å². The summed E-state index contributed by atoms with van der Waals surface area (Å²) in [7, 11) is 0. The highest BCUT2D eigenvalue weighted by Gasteiger charge is 2.17. The molecule has 1 saturated heterocycles. The molecule has 1 aliphatic heterocycles. The first kappa shape index (κ1) is 13.1. The number of aliphatic carboxylic acids is 1. The number of rotatable bonds is 5. The second kappa shape index (κ2) is 6.59. The molecule has 16 heavy (non-hydrogen) atoms. The third kappa shape index (κ3) is 4.71. The molecule has 1 rings (SSSR count). The van der Waals surface area contributed by atoms with E-state index in [1.54, 1.807) is 0 Å². The Morgan fingerprint density at radius 2 is 2.19 bits per heavy atom. The summed E-state index contributed by atoms with van der Waals surface area (Å²) in [4.78, 5) is 21.4. The van der Waals surface area contributed by atoms with Crippen molar-refractivity contribution in [2.75, 3.05) is 18.8 Å². The molecule has 0 aromatic heterocycles. The molecule has 4 N–H and O–H groups in total. The first-order valence-electron chi connectivity index (χ1n) is 5.13. The first-order valence-corrected chi connectivity index (χ1v) is 6.18. The molecular formula is C9H16N2O4S. The van der Waals surface area contributed by atoms with Gasteiger partial charge in [0.05, 0.1) is 6.54 Å². The zero-order valence-corrected chi connectivity index (χ0v) is 9.63. The molecule has 0 saturated carbocycles. The maximum absolute atomic E-state index is 11.2. The SMILES string of the molecule is O=C(NCC1CCCS1)NCC(O)C(=O)O. The fourth-order valence-electron chi connectivity index (χ4n) is 1.35. The average Bonchev–Trinajstić information content (AvgIpc) is 2.75. The molecule has 7 heteroatoms. The second-order valence-electron chi connectivity index (χ2n) is 3.58. The molecule has 0 radical (unpaired) electrons. The molecule has 0 spiro atoms. The topological polar surface area (TPSA) is 98.7 Å². The van der Waals surface area contributed by atoms with Crippen molar-refractivity contribution >= 4 is 23.8 Å². The summed E-state index contributed by atoms with van der Waals surface area (Å²) in [6.07, 6.45) is 0.727. The van der Waals surface area contributed by atoms with Crippen molar-refractivity contribution in [3.8, 4) is 0 Å². The molecule has 0 aromatic rings. The molecule has 0 bridgehead atoms. The molecule has 92 valence electrons. The molecule has 2 unspecified atom stereocenters. The number of hydrogen-bond donors (Lipinski definition) is 4. The van der Waals surface area contributed by atoms with E-state index in [9.17, 15) is 9.59 Å². The van der Waals surface area contributed by atoms with Gasteiger partial charge in [-0.2, -0.15) is 11.8 Å². The summed E-state index contributed by atoms with van der Waals surface area (Å²) in [5.41, 5.74) is 0. The van der Waals surface area contributed by atoms with Crippen LogP contribution in [0.15, 0.2) is 0 Å². The van der Waals surface area contributed by atoms with Crippen LogP contribution in [0.5, 0.6) is 0 Å². The van der Waals surface area contributed by atoms with Crippen LogP contribution in [0.3, 0.4) is 0 Å². The molecular weight excluding hydrogens is 232 g/mol. The quantitative estimate of drug-likeness (QED) is 0.532. The lowest BCUT2D eigenvalue weighted by Gasteiger charge is -2.12. The number of carboxylic acids is 1. The van der Waals surface area contributed by atoms with E-state index in [0.717, 1.165) is 12.2 Å². The Labute approximate surface area is 97.8 Å². The number of aliphatic hydroxyl groups is 1. The summed E-state index contributed by atoms with van der Waals surface area (Å²) in [6.45, 7) is 0.304. The first-order chi connectivity index (χ1) is 7.59. The maximum atomic E-state index is 11.2. The zero-order valence-electron chi connectivity index (χ0n) is 8.81. The number of nitrogens with one attached hydrogen (secondary N) is 2. The van der Waals surface area contributed by atoms with Crippen LogP contribution in [0, 0.1) is 0 Å². The molecule has 2 amide bonds. The van der Waals surface area contributed by atoms with Crippen molar-refractivity contribution in [3.05, 3.63) is 0 Å². The van der Waals surface area contributed by atoms with Gasteiger partial charge in [-0.3, -0.25) is 0 Å². The number of hydrogen-bond acceptors (Lipinski definition) is 4. The van der Waals surface area contributed by atoms with Crippen molar-refractivity contribution in [2.24, 2.45) is 0 Å². The lowest BCUT2D eigenvalue weighted by Crippen LogP contribution is -2.43. The zero-order chi connectivity index (χ0) is 12.0. The van der Waals surface area contributed by atoms with E-state index < -0.39 is 18.1 Å². The van der Waals surface area contributed by atoms with Crippen LogP contribution in [-0.4, -0.2) is 52.4 Å². The predicted molar refractivity (Wildman–Crippen MR) is 60.5 cm³/mol. The molecule has 1 fully saturated rings. The van der Waals surface area contributed by atoms with Gasteiger partial charge in [-0.25, -0.2) is 9.59 Å². The van der Waals surface area contributed by atoms with Gasteiger partial charge in [0.1, 0.15) is 0 Å². The summed E-state index contributed by atoms with van der Waals surface area (Å²) in [6, 6.07) is -0.437. The summed E-state index contributed by atoms with van der Waals surface area (Å²) >= 11 is 1.83. The van der Waals surface area contributed by atoms with E-state index in [1.807, 2.05) is 11.8 Å². The van der Waals surface area contributed by atoms with Gasteiger partial charge in [0.15, 0.2) is 6.10 Å². The smallest absolute Gasteiger partial charge is 0.334 e. The molecule has 6 nitrogen and oxygen atoms in total. The lowest BCUT2D eigenvalue weighted by molar-refractivity contribution is -0.146. The second-order valence-corrected chi connectivity index (χ2v) is 4.99. The molecule has 1 aliphatic rings. The number of carbonyl (C=O) groups is 2. The Balaban J connectivity index is 2.08. The Morgan fingerprint density at radius 1 is 1.44 bits per heavy atom. The fourth-order valence-corrected chi connectivity index (χ4v) is 2.55. The predicted octanol–water partition coefficient (Wildman–Crippen LogP) is -0.373. The maximum Gasteiger partial charge on any atom is 0.334 e. The van der Waals surface area contributed by atoms with Gasteiger partial charge in [-0.1, -0.05) is 0 Å². The highest BCUT2D eigenvalue weighted by Crippen LogP contribution is 2.25. The van der Waals surface area contributed by atoms with Crippen LogP contribution < -0.4 is 10.6 Å². The minimum Gasteiger partial charge on any atom is -0.479 e. The van der Waals surface area contributed by atoms with E-state index in [4.69, 9.17) is 10.2 Å². The number of amides is 2. The van der Waals surface area contributed by atoms with Gasteiger partial charge < -0.3 is 20.8 Å². The molecule has 2 atom stereocenters. The fraction of sp³-hybridized carbons (Fsp3) is 0.778. The van der Waals surface area contributed by atoms with Crippen molar-refractivity contribution in [1.29, 1.82) is 0 Å². The average molecular weight is 248 g/mol. The van der Waals surface area contributed by atoms with Gasteiger partial charge in [-0.15, -0.1) is 0 Å². The Bertz CT molecular complexity index is 256. The van der Waals surface area contributed by atoms with Gasteiger partial charge in [0.2, 0.25) is 0 Å². The largest absolute Gasteiger partial charge is 0.479 e. The third-order valence-electron chi connectivity index (χ3n) is 2.26. The van der Waals surface area contributed by atoms with Crippen molar-refractivity contribution in [3.63, 3.8) is 0 Å². The van der Waals surface area contributed by atoms with Gasteiger partial charge in [0, 0.05) is 11.8 Å².